The van der Waals surface area contributed by atoms with Crippen LogP contribution in [0.15, 0.2) is 18.3 Å². The second kappa shape index (κ2) is 5.55. The van der Waals surface area contributed by atoms with Gasteiger partial charge in [0.05, 0.1) is 5.75 Å². The first-order chi connectivity index (χ1) is 7.90. The van der Waals surface area contributed by atoms with Gasteiger partial charge in [0.15, 0.2) is 0 Å². The molecule has 8 nitrogen and oxygen atoms in total. The van der Waals surface area contributed by atoms with Crippen LogP contribution in [-0.2, 0) is 10.0 Å². The molecule has 0 radical (unpaired) electrons. The highest BCUT2D eigenvalue weighted by molar-refractivity contribution is 7.89. The van der Waals surface area contributed by atoms with Crippen molar-refractivity contribution in [1.29, 1.82) is 0 Å². The summed E-state index contributed by atoms with van der Waals surface area (Å²) in [6, 6.07) is 3.05. The molecule has 0 amide bonds. The molecular weight excluding hydrogens is 248 g/mol. The van der Waals surface area contributed by atoms with Gasteiger partial charge in [0.1, 0.15) is 11.9 Å². The highest BCUT2D eigenvalue weighted by Gasteiger charge is 2.13. The maximum absolute atomic E-state index is 10.6. The van der Waals surface area contributed by atoms with Gasteiger partial charge in [-0.25, -0.2) is 13.6 Å². The molecule has 1 aromatic heterocycles. The highest BCUT2D eigenvalue weighted by atomic mass is 32.2. The summed E-state index contributed by atoms with van der Waals surface area (Å²) in [7, 11) is -3.49. The van der Waals surface area contributed by atoms with Crippen LogP contribution in [0.3, 0.4) is 0 Å². The number of primary sulfonamides is 1. The zero-order chi connectivity index (χ0) is 12.9. The molecule has 9 heteroatoms. The molecule has 17 heavy (non-hydrogen) atoms. The van der Waals surface area contributed by atoms with Crippen LogP contribution in [0.4, 0.5) is 11.5 Å². The van der Waals surface area contributed by atoms with Crippen LogP contribution >= 0.6 is 0 Å². The third-order valence-corrected chi connectivity index (χ3v) is 2.74. The van der Waals surface area contributed by atoms with E-state index in [4.69, 9.17) is 5.14 Å². The first-order valence-electron chi connectivity index (χ1n) is 4.74. The summed E-state index contributed by atoms with van der Waals surface area (Å²) < 4.78 is 21.3. The Hall–Kier alpha value is -1.74. The Morgan fingerprint density at radius 3 is 2.82 bits per heavy atom. The summed E-state index contributed by atoms with van der Waals surface area (Å²) in [5.74, 6) is -0.461. The van der Waals surface area contributed by atoms with Gasteiger partial charge in [-0.05, 0) is 28.5 Å². The molecule has 0 saturated carbocycles. The van der Waals surface area contributed by atoms with Crippen molar-refractivity contribution in [2.75, 3.05) is 17.6 Å². The molecule has 0 unspecified atom stereocenters. The van der Waals surface area contributed by atoms with Gasteiger partial charge in [-0.2, -0.15) is 0 Å². The van der Waals surface area contributed by atoms with Crippen LogP contribution in [0.5, 0.6) is 0 Å². The number of nitrogens with two attached hydrogens (primary N) is 1. The first kappa shape index (κ1) is 13.3. The van der Waals surface area contributed by atoms with E-state index >= 15 is 0 Å². The number of nitrogens with zero attached hydrogens (tertiary/aromatic N) is 2. The maximum Gasteiger partial charge on any atom is 0.386 e. The zero-order valence-corrected chi connectivity index (χ0v) is 9.68. The van der Waals surface area contributed by atoms with Gasteiger partial charge in [0.2, 0.25) is 10.0 Å². The van der Waals surface area contributed by atoms with Crippen LogP contribution in [0.1, 0.15) is 6.42 Å². The predicted octanol–water partition coefficient (Wildman–Crippen LogP) is 0.0803. The molecule has 0 aliphatic heterocycles. The van der Waals surface area contributed by atoms with Gasteiger partial charge in [0.25, 0.3) is 0 Å². The molecule has 0 fully saturated rings. The molecule has 1 rings (SSSR count). The number of nitro groups is 1. The van der Waals surface area contributed by atoms with E-state index in [0.717, 1.165) is 0 Å². The van der Waals surface area contributed by atoms with Gasteiger partial charge < -0.3 is 15.4 Å². The topological polar surface area (TPSA) is 128 Å². The minimum Gasteiger partial charge on any atom is -0.378 e. The summed E-state index contributed by atoms with van der Waals surface area (Å²) in [6.45, 7) is 0.267. The third-order valence-electron chi connectivity index (χ3n) is 1.88. The number of anilines is 1. The monoisotopic (exact) mass is 260 g/mol. The summed E-state index contributed by atoms with van der Waals surface area (Å²) in [5.41, 5.74) is 0.256. The molecule has 0 aromatic carbocycles. The molecule has 0 aliphatic carbocycles. The minimum atomic E-state index is -3.49. The van der Waals surface area contributed by atoms with Crippen molar-refractivity contribution < 1.29 is 13.3 Å². The fraction of sp³-hybridized carbons (Fsp3) is 0.375. The largest absolute Gasteiger partial charge is 0.386 e. The summed E-state index contributed by atoms with van der Waals surface area (Å²) in [6.07, 6.45) is 1.58. The Bertz CT molecular complexity index is 502. The van der Waals surface area contributed by atoms with Crippen molar-refractivity contribution >= 4 is 21.5 Å². The lowest BCUT2D eigenvalue weighted by Crippen LogP contribution is -2.18. The molecule has 1 aromatic rings. The number of nitrogens with one attached hydrogen (secondary N) is 1. The number of hydrogen-bond donors (Lipinski definition) is 2. The third kappa shape index (κ3) is 4.74. The Labute approximate surface area is 98.0 Å². The average molecular weight is 260 g/mol. The number of rotatable bonds is 6. The molecule has 0 saturated heterocycles. The van der Waals surface area contributed by atoms with Crippen LogP contribution in [0, 0.1) is 10.1 Å². The first-order valence-corrected chi connectivity index (χ1v) is 6.45. The lowest BCUT2D eigenvalue weighted by Gasteiger charge is -2.05. The lowest BCUT2D eigenvalue weighted by molar-refractivity contribution is -0.388. The smallest absolute Gasteiger partial charge is 0.378 e. The fourth-order valence-electron chi connectivity index (χ4n) is 1.18. The van der Waals surface area contributed by atoms with E-state index < -0.39 is 14.9 Å². The average Bonchev–Trinajstić information content (AvgIpc) is 2.23. The SMILES string of the molecule is NS(=O)(=O)CCCNc1cccnc1[N+](=O)[O-]. The molecule has 1 heterocycles. The second-order valence-corrected chi connectivity index (χ2v) is 5.01. The zero-order valence-electron chi connectivity index (χ0n) is 8.87. The van der Waals surface area contributed by atoms with Crippen LogP contribution in [-0.4, -0.2) is 30.6 Å². The van der Waals surface area contributed by atoms with E-state index in [0.29, 0.717) is 0 Å². The predicted molar refractivity (Wildman–Crippen MR) is 62.0 cm³/mol. The van der Waals surface area contributed by atoms with Gasteiger partial charge in [-0.3, -0.25) is 0 Å². The molecule has 0 atom stereocenters. The van der Waals surface area contributed by atoms with Gasteiger partial charge in [-0.1, -0.05) is 0 Å². The molecular formula is C8H12N4O4S. The fourth-order valence-corrected chi connectivity index (χ4v) is 1.72. The minimum absolute atomic E-state index is 0.173. The van der Waals surface area contributed by atoms with Crippen molar-refractivity contribution in [2.45, 2.75) is 6.42 Å². The molecule has 0 spiro atoms. The summed E-state index contributed by atoms with van der Waals surface area (Å²) in [4.78, 5) is 13.6. The van der Waals surface area contributed by atoms with Crippen molar-refractivity contribution in [1.82, 2.24) is 4.98 Å². The molecule has 94 valence electrons. The quantitative estimate of drug-likeness (QED) is 0.423. The standard InChI is InChI=1S/C8H12N4O4S/c9-17(15,16)6-2-5-10-7-3-1-4-11-8(7)12(13)14/h1,3-4,10H,2,5-6H2,(H2,9,15,16). The maximum atomic E-state index is 10.6. The van der Waals surface area contributed by atoms with Crippen molar-refractivity contribution in [2.24, 2.45) is 5.14 Å². The highest BCUT2D eigenvalue weighted by Crippen LogP contribution is 2.19. The van der Waals surface area contributed by atoms with Crippen LogP contribution < -0.4 is 10.5 Å². The number of hydrogen-bond acceptors (Lipinski definition) is 6. The van der Waals surface area contributed by atoms with E-state index in [-0.39, 0.29) is 30.2 Å². The number of aromatic nitrogens is 1. The Morgan fingerprint density at radius 2 is 2.24 bits per heavy atom. The summed E-state index contributed by atoms with van der Waals surface area (Å²) >= 11 is 0. The lowest BCUT2D eigenvalue weighted by atomic mass is 10.3. The van der Waals surface area contributed by atoms with Crippen LogP contribution in [0.2, 0.25) is 0 Å². The summed E-state index contributed by atoms with van der Waals surface area (Å²) in [5, 5.41) is 18.2. The van der Waals surface area contributed by atoms with Crippen molar-refractivity contribution in [3.63, 3.8) is 0 Å². The second-order valence-electron chi connectivity index (χ2n) is 3.28. The van der Waals surface area contributed by atoms with E-state index in [1.807, 2.05) is 0 Å². The van der Waals surface area contributed by atoms with E-state index in [2.05, 4.69) is 10.3 Å². The van der Waals surface area contributed by atoms with E-state index in [1.54, 1.807) is 6.07 Å². The normalized spacial score (nSPS) is 11.1. The van der Waals surface area contributed by atoms with Gasteiger partial charge >= 0.3 is 5.82 Å². The Morgan fingerprint density at radius 1 is 1.53 bits per heavy atom. The molecule has 0 aliphatic rings. The van der Waals surface area contributed by atoms with Gasteiger partial charge in [0, 0.05) is 6.54 Å². The molecule has 3 N–H and O–H groups in total. The van der Waals surface area contributed by atoms with Crippen LogP contribution in [0.25, 0.3) is 0 Å². The van der Waals surface area contributed by atoms with Crippen molar-refractivity contribution in [3.8, 4) is 0 Å². The number of pyridine rings is 1. The molecule has 0 bridgehead atoms. The van der Waals surface area contributed by atoms with Crippen molar-refractivity contribution in [3.05, 3.63) is 28.4 Å². The van der Waals surface area contributed by atoms with E-state index in [9.17, 15) is 18.5 Å². The Kier molecular flexibility index (Phi) is 4.35. The van der Waals surface area contributed by atoms with Gasteiger partial charge in [-0.15, -0.1) is 0 Å². The Balaban J connectivity index is 2.55. The number of sulfonamides is 1. The van der Waals surface area contributed by atoms with E-state index in [1.165, 1.54) is 12.3 Å².